The highest BCUT2D eigenvalue weighted by Gasteiger charge is 2.31. The van der Waals surface area contributed by atoms with Crippen LogP contribution >= 0.6 is 0 Å². The summed E-state index contributed by atoms with van der Waals surface area (Å²) < 4.78 is 17.1. The zero-order chi connectivity index (χ0) is 16.7. The number of hydrogen-bond donors (Lipinski definition) is 1. The number of amides is 1. The molecule has 1 aliphatic carbocycles. The molecule has 1 aliphatic heterocycles. The highest BCUT2D eigenvalue weighted by Crippen LogP contribution is 2.27. The second kappa shape index (κ2) is 9.57. The first-order chi connectivity index (χ1) is 11.0. The van der Waals surface area contributed by atoms with E-state index in [1.165, 1.54) is 0 Å². The molecule has 0 unspecified atom stereocenters. The number of ether oxygens (including phenoxy) is 3. The molecular weight excluding hydrogens is 296 g/mol. The molecule has 1 N–H and O–H groups in total. The number of nitrogens with one attached hydrogen (secondary N) is 1. The van der Waals surface area contributed by atoms with Gasteiger partial charge in [0.05, 0.1) is 31.0 Å². The van der Waals surface area contributed by atoms with E-state index in [1.54, 1.807) is 4.90 Å². The second-order valence-corrected chi connectivity index (χ2v) is 6.84. The van der Waals surface area contributed by atoms with Crippen LogP contribution in [-0.2, 0) is 19.0 Å². The lowest BCUT2D eigenvalue weighted by Gasteiger charge is -2.36. The van der Waals surface area contributed by atoms with Crippen molar-refractivity contribution in [2.45, 2.75) is 63.9 Å². The Balaban J connectivity index is 1.42. The highest BCUT2D eigenvalue weighted by molar-refractivity contribution is 5.75. The van der Waals surface area contributed by atoms with Crippen LogP contribution in [0.5, 0.6) is 0 Å². The Morgan fingerprint density at radius 1 is 1.13 bits per heavy atom. The van der Waals surface area contributed by atoms with Crippen molar-refractivity contribution in [1.29, 1.82) is 0 Å². The molecule has 23 heavy (non-hydrogen) atoms. The first kappa shape index (κ1) is 18.6. The summed E-state index contributed by atoms with van der Waals surface area (Å²) in [4.78, 5) is 13.7. The standard InChI is InChI=1S/C17H32N2O4/c1-13(2)23-15-9-14(10-15)21-7-4-5-17(20)19(3)6-8-22-16-11-18-12-16/h13-16,18H,4-12H2,1-3H3. The molecule has 0 aromatic heterocycles. The van der Waals surface area contributed by atoms with Crippen molar-refractivity contribution in [3.05, 3.63) is 0 Å². The van der Waals surface area contributed by atoms with E-state index < -0.39 is 0 Å². The van der Waals surface area contributed by atoms with Crippen LogP contribution in [0.4, 0.5) is 0 Å². The first-order valence-corrected chi connectivity index (χ1v) is 8.88. The van der Waals surface area contributed by atoms with Crippen molar-refractivity contribution >= 4 is 5.91 Å². The summed E-state index contributed by atoms with van der Waals surface area (Å²) in [5, 5.41) is 3.16. The average molecular weight is 328 g/mol. The fourth-order valence-corrected chi connectivity index (χ4v) is 2.67. The summed E-state index contributed by atoms with van der Waals surface area (Å²) in [6.07, 6.45) is 4.59. The Labute approximate surface area is 139 Å². The molecule has 0 spiro atoms. The van der Waals surface area contributed by atoms with Gasteiger partial charge < -0.3 is 24.4 Å². The van der Waals surface area contributed by atoms with Gasteiger partial charge in [-0.25, -0.2) is 0 Å². The van der Waals surface area contributed by atoms with Crippen molar-refractivity contribution < 1.29 is 19.0 Å². The molecule has 0 aromatic carbocycles. The Morgan fingerprint density at radius 3 is 2.43 bits per heavy atom. The van der Waals surface area contributed by atoms with Crippen LogP contribution in [0, 0.1) is 0 Å². The third-order valence-corrected chi connectivity index (χ3v) is 4.35. The van der Waals surface area contributed by atoms with Crippen molar-refractivity contribution in [1.82, 2.24) is 10.2 Å². The lowest BCUT2D eigenvalue weighted by molar-refractivity contribution is -0.133. The molecule has 1 saturated heterocycles. The molecule has 0 atom stereocenters. The second-order valence-electron chi connectivity index (χ2n) is 6.84. The number of nitrogens with zero attached hydrogens (tertiary/aromatic N) is 1. The van der Waals surface area contributed by atoms with E-state index in [0.29, 0.717) is 50.6 Å². The van der Waals surface area contributed by atoms with E-state index in [9.17, 15) is 4.79 Å². The van der Waals surface area contributed by atoms with Gasteiger partial charge in [-0.3, -0.25) is 4.79 Å². The first-order valence-electron chi connectivity index (χ1n) is 8.88. The summed E-state index contributed by atoms with van der Waals surface area (Å²) in [6.45, 7) is 7.91. The monoisotopic (exact) mass is 328 g/mol. The van der Waals surface area contributed by atoms with Gasteiger partial charge >= 0.3 is 0 Å². The molecular formula is C17H32N2O4. The Hall–Kier alpha value is -0.690. The van der Waals surface area contributed by atoms with Crippen LogP contribution in [-0.4, -0.2) is 75.1 Å². The number of carbonyl (C=O) groups is 1. The topological polar surface area (TPSA) is 60.0 Å². The van der Waals surface area contributed by atoms with Gasteiger partial charge in [-0.15, -0.1) is 0 Å². The van der Waals surface area contributed by atoms with Crippen LogP contribution in [0.2, 0.25) is 0 Å². The molecule has 1 heterocycles. The van der Waals surface area contributed by atoms with Crippen LogP contribution in [0.25, 0.3) is 0 Å². The van der Waals surface area contributed by atoms with E-state index in [2.05, 4.69) is 19.2 Å². The van der Waals surface area contributed by atoms with E-state index in [4.69, 9.17) is 14.2 Å². The highest BCUT2D eigenvalue weighted by atomic mass is 16.5. The van der Waals surface area contributed by atoms with Gasteiger partial charge in [-0.1, -0.05) is 0 Å². The van der Waals surface area contributed by atoms with Gasteiger partial charge in [-0.05, 0) is 33.1 Å². The van der Waals surface area contributed by atoms with E-state index >= 15 is 0 Å². The van der Waals surface area contributed by atoms with Gasteiger partial charge in [-0.2, -0.15) is 0 Å². The number of hydrogen-bond acceptors (Lipinski definition) is 5. The molecule has 2 aliphatic rings. The summed E-state index contributed by atoms with van der Waals surface area (Å²) in [7, 11) is 1.84. The predicted molar refractivity (Wildman–Crippen MR) is 88.5 cm³/mol. The normalized spacial score (nSPS) is 24.3. The Morgan fingerprint density at radius 2 is 1.83 bits per heavy atom. The van der Waals surface area contributed by atoms with Gasteiger partial charge in [0.1, 0.15) is 0 Å². The fraction of sp³-hybridized carbons (Fsp3) is 0.941. The lowest BCUT2D eigenvalue weighted by atomic mass is 9.92. The molecule has 6 nitrogen and oxygen atoms in total. The van der Waals surface area contributed by atoms with E-state index in [-0.39, 0.29) is 5.91 Å². The van der Waals surface area contributed by atoms with Gasteiger partial charge in [0.15, 0.2) is 0 Å². The summed E-state index contributed by atoms with van der Waals surface area (Å²) in [5.41, 5.74) is 0. The number of likely N-dealkylation sites (N-methyl/N-ethyl adjacent to an activating group) is 1. The molecule has 134 valence electrons. The minimum atomic E-state index is 0.165. The summed E-state index contributed by atoms with van der Waals surface area (Å²) in [5.74, 6) is 0.165. The van der Waals surface area contributed by atoms with Gasteiger partial charge in [0, 0.05) is 39.7 Å². The molecule has 1 saturated carbocycles. The Bertz CT molecular complexity index is 355. The molecule has 0 bridgehead atoms. The maximum atomic E-state index is 12.0. The molecule has 0 radical (unpaired) electrons. The maximum absolute atomic E-state index is 12.0. The van der Waals surface area contributed by atoms with Crippen molar-refractivity contribution in [3.63, 3.8) is 0 Å². The quantitative estimate of drug-likeness (QED) is 0.577. The predicted octanol–water partition coefficient (Wildman–Crippen LogP) is 1.19. The maximum Gasteiger partial charge on any atom is 0.222 e. The third kappa shape index (κ3) is 6.75. The molecule has 0 aromatic rings. The smallest absolute Gasteiger partial charge is 0.222 e. The minimum Gasteiger partial charge on any atom is -0.378 e. The fourth-order valence-electron chi connectivity index (χ4n) is 2.67. The number of rotatable bonds is 11. The SMILES string of the molecule is CC(C)OC1CC(OCCCC(=O)N(C)CCOC2CNC2)C1. The Kier molecular flexibility index (Phi) is 7.76. The summed E-state index contributed by atoms with van der Waals surface area (Å²) in [6, 6.07) is 0. The van der Waals surface area contributed by atoms with Crippen LogP contribution in [0.3, 0.4) is 0 Å². The average Bonchev–Trinajstić information content (AvgIpc) is 2.41. The van der Waals surface area contributed by atoms with E-state index in [0.717, 1.165) is 32.4 Å². The van der Waals surface area contributed by atoms with Crippen LogP contribution < -0.4 is 5.32 Å². The van der Waals surface area contributed by atoms with Crippen LogP contribution in [0.1, 0.15) is 39.5 Å². The van der Waals surface area contributed by atoms with Crippen LogP contribution in [0.15, 0.2) is 0 Å². The van der Waals surface area contributed by atoms with Gasteiger partial charge in [0.25, 0.3) is 0 Å². The molecule has 2 fully saturated rings. The number of carbonyl (C=O) groups excluding carboxylic acids is 1. The minimum absolute atomic E-state index is 0.165. The largest absolute Gasteiger partial charge is 0.378 e. The third-order valence-electron chi connectivity index (χ3n) is 4.35. The van der Waals surface area contributed by atoms with Crippen molar-refractivity contribution in [2.24, 2.45) is 0 Å². The van der Waals surface area contributed by atoms with E-state index in [1.807, 2.05) is 7.05 Å². The zero-order valence-electron chi connectivity index (χ0n) is 14.8. The van der Waals surface area contributed by atoms with Gasteiger partial charge in [0.2, 0.25) is 5.91 Å². The van der Waals surface area contributed by atoms with Crippen molar-refractivity contribution in [3.8, 4) is 0 Å². The molecule has 1 amide bonds. The summed E-state index contributed by atoms with van der Waals surface area (Å²) >= 11 is 0. The zero-order valence-corrected chi connectivity index (χ0v) is 14.8. The lowest BCUT2D eigenvalue weighted by Crippen LogP contribution is -2.49. The molecule has 2 rings (SSSR count). The molecule has 6 heteroatoms. The van der Waals surface area contributed by atoms with Crippen molar-refractivity contribution in [2.75, 3.05) is 39.9 Å².